The molecule has 5 nitrogen and oxygen atoms in total. The Morgan fingerprint density at radius 2 is 2.00 bits per heavy atom. The molecule has 1 amide bonds. The first-order valence-electron chi connectivity index (χ1n) is 4.17. The molecule has 1 atom stereocenters. The fourth-order valence-corrected chi connectivity index (χ4v) is 1.58. The number of piperidine rings is 1. The van der Waals surface area contributed by atoms with Crippen LogP contribution in [0.15, 0.2) is 0 Å². The number of carboxylic acids is 1. The van der Waals surface area contributed by atoms with Crippen LogP contribution >= 0.6 is 0 Å². The van der Waals surface area contributed by atoms with Gasteiger partial charge in [0, 0.05) is 13.1 Å². The highest BCUT2D eigenvalue weighted by Crippen LogP contribution is 2.29. The van der Waals surface area contributed by atoms with E-state index in [1.807, 2.05) is 0 Å². The molecule has 0 bridgehead atoms. The summed E-state index contributed by atoms with van der Waals surface area (Å²) in [7, 11) is 0. The Labute approximate surface area is 76.0 Å². The molecule has 0 unspecified atom stereocenters. The van der Waals surface area contributed by atoms with Gasteiger partial charge in [0.1, 0.15) is 0 Å². The number of rotatable bonds is 1. The molecule has 1 saturated heterocycles. The lowest BCUT2D eigenvalue weighted by Crippen LogP contribution is -2.47. The molecule has 1 heterocycles. The normalized spacial score (nSPS) is 28.5. The molecule has 74 valence electrons. The lowest BCUT2D eigenvalue weighted by atomic mass is 9.82. The van der Waals surface area contributed by atoms with E-state index in [1.54, 1.807) is 6.92 Å². The molecule has 0 saturated carbocycles. The average Bonchev–Trinajstić information content (AvgIpc) is 2.04. The molecule has 0 radical (unpaired) electrons. The van der Waals surface area contributed by atoms with Crippen LogP contribution in [-0.4, -0.2) is 40.3 Å². The van der Waals surface area contributed by atoms with Crippen molar-refractivity contribution in [1.82, 2.24) is 4.90 Å². The fraction of sp³-hybridized carbons (Fsp3) is 0.750. The maximum Gasteiger partial charge on any atom is 0.407 e. The van der Waals surface area contributed by atoms with Crippen molar-refractivity contribution in [3.63, 3.8) is 0 Å². The van der Waals surface area contributed by atoms with Gasteiger partial charge in [0.15, 0.2) is 0 Å². The zero-order valence-electron chi connectivity index (χ0n) is 7.49. The van der Waals surface area contributed by atoms with Gasteiger partial charge in [0.05, 0.1) is 5.41 Å². The van der Waals surface area contributed by atoms with Gasteiger partial charge >= 0.3 is 12.1 Å². The predicted octanol–water partition coefficient (Wildman–Crippen LogP) is 0.851. The van der Waals surface area contributed by atoms with Crippen molar-refractivity contribution in [2.75, 3.05) is 13.1 Å². The number of hydrogen-bond donors (Lipinski definition) is 2. The fourth-order valence-electron chi connectivity index (χ4n) is 1.58. The molecule has 1 aliphatic heterocycles. The quantitative estimate of drug-likeness (QED) is 0.638. The molecule has 1 rings (SSSR count). The smallest absolute Gasteiger partial charge is 0.407 e. The average molecular weight is 187 g/mol. The number of carbonyl (C=O) groups is 2. The Kier molecular flexibility index (Phi) is 2.45. The van der Waals surface area contributed by atoms with Crippen molar-refractivity contribution in [1.29, 1.82) is 0 Å². The Hall–Kier alpha value is -1.26. The van der Waals surface area contributed by atoms with Gasteiger partial charge in [0.25, 0.3) is 0 Å². The summed E-state index contributed by atoms with van der Waals surface area (Å²) in [6, 6.07) is 0. The van der Waals surface area contributed by atoms with Crippen molar-refractivity contribution in [2.45, 2.75) is 19.8 Å². The van der Waals surface area contributed by atoms with Gasteiger partial charge in [-0.3, -0.25) is 4.79 Å². The van der Waals surface area contributed by atoms with E-state index in [4.69, 9.17) is 10.2 Å². The van der Waals surface area contributed by atoms with E-state index >= 15 is 0 Å². The highest BCUT2D eigenvalue weighted by atomic mass is 16.4. The SMILES string of the molecule is C[C@@]1(C(=O)O)CCCN(C(=O)O)C1. The van der Waals surface area contributed by atoms with Gasteiger partial charge in [-0.1, -0.05) is 0 Å². The molecule has 5 heteroatoms. The first-order chi connectivity index (χ1) is 5.96. The summed E-state index contributed by atoms with van der Waals surface area (Å²) in [5, 5.41) is 17.6. The van der Waals surface area contributed by atoms with Gasteiger partial charge in [-0.25, -0.2) is 4.79 Å². The van der Waals surface area contributed by atoms with Gasteiger partial charge in [-0.15, -0.1) is 0 Å². The van der Waals surface area contributed by atoms with Crippen molar-refractivity contribution < 1.29 is 19.8 Å². The zero-order chi connectivity index (χ0) is 10.1. The third-order valence-electron chi connectivity index (χ3n) is 2.48. The highest BCUT2D eigenvalue weighted by Gasteiger charge is 2.39. The molecule has 1 fully saturated rings. The van der Waals surface area contributed by atoms with Crippen molar-refractivity contribution >= 4 is 12.1 Å². The minimum absolute atomic E-state index is 0.0949. The predicted molar refractivity (Wildman–Crippen MR) is 44.6 cm³/mol. The molecule has 0 aromatic heterocycles. The second kappa shape index (κ2) is 3.24. The largest absolute Gasteiger partial charge is 0.481 e. The van der Waals surface area contributed by atoms with Crippen LogP contribution in [0.25, 0.3) is 0 Å². The molecule has 0 aromatic carbocycles. The molecular weight excluding hydrogens is 174 g/mol. The van der Waals surface area contributed by atoms with Crippen LogP contribution in [0.2, 0.25) is 0 Å². The first-order valence-corrected chi connectivity index (χ1v) is 4.17. The summed E-state index contributed by atoms with van der Waals surface area (Å²) in [6.45, 7) is 2.13. The monoisotopic (exact) mass is 187 g/mol. The number of aliphatic carboxylic acids is 1. The van der Waals surface area contributed by atoms with E-state index in [9.17, 15) is 9.59 Å². The van der Waals surface area contributed by atoms with Gasteiger partial charge in [0.2, 0.25) is 0 Å². The molecular formula is C8H13NO4. The van der Waals surface area contributed by atoms with Crippen LogP contribution in [0.1, 0.15) is 19.8 Å². The summed E-state index contributed by atoms with van der Waals surface area (Å²) in [6.07, 6.45) is 0.133. The third-order valence-corrected chi connectivity index (χ3v) is 2.48. The van der Waals surface area contributed by atoms with Gasteiger partial charge in [-0.2, -0.15) is 0 Å². The van der Waals surface area contributed by atoms with E-state index in [1.165, 1.54) is 0 Å². The number of carboxylic acid groups (broad SMARTS) is 2. The lowest BCUT2D eigenvalue weighted by Gasteiger charge is -2.35. The summed E-state index contributed by atoms with van der Waals surface area (Å²) in [5.74, 6) is -0.918. The first kappa shape index (κ1) is 9.83. The molecule has 2 N–H and O–H groups in total. The van der Waals surface area contributed by atoms with Crippen LogP contribution in [-0.2, 0) is 4.79 Å². The van der Waals surface area contributed by atoms with Crippen LogP contribution in [0.4, 0.5) is 4.79 Å². The summed E-state index contributed by atoms with van der Waals surface area (Å²) in [5.41, 5.74) is -0.906. The number of hydrogen-bond acceptors (Lipinski definition) is 2. The standard InChI is InChI=1S/C8H13NO4/c1-8(6(10)11)3-2-4-9(5-8)7(12)13/h2-5H2,1H3,(H,10,11)(H,12,13)/t8-/m1/s1. The number of amides is 1. The molecule has 0 aromatic rings. The van der Waals surface area contributed by atoms with Crippen molar-refractivity contribution in [3.05, 3.63) is 0 Å². The Bertz CT molecular complexity index is 240. The molecule has 1 aliphatic rings. The maximum absolute atomic E-state index is 10.8. The van der Waals surface area contributed by atoms with Crippen molar-refractivity contribution in [2.24, 2.45) is 5.41 Å². The van der Waals surface area contributed by atoms with E-state index < -0.39 is 17.5 Å². The van der Waals surface area contributed by atoms with E-state index in [0.29, 0.717) is 19.4 Å². The minimum Gasteiger partial charge on any atom is -0.481 e. The summed E-state index contributed by atoms with van der Waals surface area (Å²) >= 11 is 0. The van der Waals surface area contributed by atoms with E-state index in [0.717, 1.165) is 4.90 Å². The molecule has 13 heavy (non-hydrogen) atoms. The Morgan fingerprint density at radius 3 is 2.46 bits per heavy atom. The van der Waals surface area contributed by atoms with Gasteiger partial charge in [-0.05, 0) is 19.8 Å². The van der Waals surface area contributed by atoms with Gasteiger partial charge < -0.3 is 15.1 Å². The molecule has 0 aliphatic carbocycles. The number of nitrogens with zero attached hydrogens (tertiary/aromatic N) is 1. The highest BCUT2D eigenvalue weighted by molar-refractivity contribution is 5.76. The van der Waals surface area contributed by atoms with Crippen molar-refractivity contribution in [3.8, 4) is 0 Å². The van der Waals surface area contributed by atoms with Crippen LogP contribution in [0.5, 0.6) is 0 Å². The summed E-state index contributed by atoms with van der Waals surface area (Å²) < 4.78 is 0. The Morgan fingerprint density at radius 1 is 1.38 bits per heavy atom. The minimum atomic E-state index is -1.04. The topological polar surface area (TPSA) is 77.8 Å². The lowest BCUT2D eigenvalue weighted by molar-refractivity contribution is -0.150. The van der Waals surface area contributed by atoms with E-state index in [-0.39, 0.29) is 6.54 Å². The maximum atomic E-state index is 10.8. The summed E-state index contributed by atoms with van der Waals surface area (Å²) in [4.78, 5) is 22.6. The number of likely N-dealkylation sites (tertiary alicyclic amines) is 1. The second-order valence-electron chi connectivity index (χ2n) is 3.67. The van der Waals surface area contributed by atoms with Crippen LogP contribution in [0, 0.1) is 5.41 Å². The molecule has 0 spiro atoms. The van der Waals surface area contributed by atoms with E-state index in [2.05, 4.69) is 0 Å². The third kappa shape index (κ3) is 1.91. The Balaban J connectivity index is 2.71. The zero-order valence-corrected chi connectivity index (χ0v) is 7.49. The van der Waals surface area contributed by atoms with Crippen LogP contribution < -0.4 is 0 Å². The second-order valence-corrected chi connectivity index (χ2v) is 3.67. The van der Waals surface area contributed by atoms with Crippen LogP contribution in [0.3, 0.4) is 0 Å².